The zero-order chi connectivity index (χ0) is 27.6. The quantitative estimate of drug-likeness (QED) is 0.328. The van der Waals surface area contributed by atoms with Crippen molar-refractivity contribution in [1.29, 1.82) is 0 Å². The van der Waals surface area contributed by atoms with Crippen LogP contribution in [-0.2, 0) is 12.7 Å². The molecule has 0 saturated carbocycles. The molecule has 2 atom stereocenters. The summed E-state index contributed by atoms with van der Waals surface area (Å²) in [5.41, 5.74) is -4.07. The molecule has 4 rings (SSSR count). The summed E-state index contributed by atoms with van der Waals surface area (Å²) in [5.74, 6) is -0.277. The molecule has 0 saturated heterocycles. The van der Waals surface area contributed by atoms with E-state index in [0.29, 0.717) is 11.1 Å². The Morgan fingerprint density at radius 3 is 2.53 bits per heavy atom. The smallest absolute Gasteiger partial charge is 0.423 e. The van der Waals surface area contributed by atoms with Gasteiger partial charge in [-0.1, -0.05) is 0 Å². The summed E-state index contributed by atoms with van der Waals surface area (Å²) in [6.45, 7) is 1.00. The number of aromatic nitrogens is 5. The molecule has 0 aliphatic heterocycles. The number of hydrogen-bond acceptors (Lipinski definition) is 7. The van der Waals surface area contributed by atoms with Gasteiger partial charge in [-0.15, -0.1) is 0 Å². The lowest BCUT2D eigenvalue weighted by Crippen LogP contribution is -2.30. The molecule has 3 aromatic heterocycles. The van der Waals surface area contributed by atoms with E-state index < -0.39 is 53.1 Å². The third-order valence-corrected chi connectivity index (χ3v) is 5.71. The molecule has 0 fully saturated rings. The zero-order valence-corrected chi connectivity index (χ0v) is 20.0. The predicted molar refractivity (Wildman–Crippen MR) is 128 cm³/mol. The second-order valence-corrected chi connectivity index (χ2v) is 8.50. The first-order chi connectivity index (χ1) is 18.0. The van der Waals surface area contributed by atoms with Gasteiger partial charge in [0.05, 0.1) is 48.9 Å². The largest absolute Gasteiger partial charge is 0.494 e. The van der Waals surface area contributed by atoms with Gasteiger partial charge in [0.1, 0.15) is 17.6 Å². The fourth-order valence-corrected chi connectivity index (χ4v) is 3.97. The van der Waals surface area contributed by atoms with E-state index in [1.54, 1.807) is 5.10 Å². The van der Waals surface area contributed by atoms with E-state index in [0.717, 1.165) is 16.8 Å². The lowest BCUT2D eigenvalue weighted by molar-refractivity contribution is -0.138. The molecule has 0 unspecified atom stereocenters. The van der Waals surface area contributed by atoms with Gasteiger partial charge in [0.2, 0.25) is 0 Å². The molecule has 3 heterocycles. The minimum Gasteiger partial charge on any atom is -0.494 e. The van der Waals surface area contributed by atoms with Crippen LogP contribution in [-0.4, -0.2) is 44.1 Å². The number of methoxy groups -OCH3 is 1. The average molecular weight is 536 g/mol. The van der Waals surface area contributed by atoms with Crippen molar-refractivity contribution in [3.8, 4) is 17.1 Å². The molecule has 0 amide bonds. The van der Waals surface area contributed by atoms with Crippen molar-refractivity contribution in [2.45, 2.75) is 38.3 Å². The van der Waals surface area contributed by atoms with Gasteiger partial charge in [-0.25, -0.2) is 23.8 Å². The number of nitrogens with zero attached hydrogens (tertiary/aromatic N) is 4. The Hall–Kier alpha value is -4.36. The second-order valence-electron chi connectivity index (χ2n) is 8.50. The van der Waals surface area contributed by atoms with Crippen molar-refractivity contribution >= 4 is 16.5 Å². The molecule has 0 spiro atoms. The first-order valence-corrected chi connectivity index (χ1v) is 11.2. The van der Waals surface area contributed by atoms with Crippen molar-refractivity contribution in [2.75, 3.05) is 12.4 Å². The molecule has 0 aliphatic rings. The van der Waals surface area contributed by atoms with Gasteiger partial charge in [0.15, 0.2) is 11.6 Å². The molecule has 38 heavy (non-hydrogen) atoms. The molecular weight excluding hydrogens is 515 g/mol. The third-order valence-electron chi connectivity index (χ3n) is 5.71. The molecule has 2 N–H and O–H groups in total. The van der Waals surface area contributed by atoms with Crippen molar-refractivity contribution in [3.63, 3.8) is 0 Å². The Kier molecular flexibility index (Phi) is 7.41. The maximum Gasteiger partial charge on any atom is 0.423 e. The number of hydrogen-bond donors (Lipinski definition) is 2. The second kappa shape index (κ2) is 10.6. The summed E-state index contributed by atoms with van der Waals surface area (Å²) in [6.07, 6.45) is -2.02. The summed E-state index contributed by atoms with van der Waals surface area (Å²) in [5, 5.41) is 7.92. The number of anilines is 1. The number of H-pyrrole nitrogens is 1. The Bertz CT molecular complexity index is 1570. The highest BCUT2D eigenvalue weighted by atomic mass is 19.4. The maximum absolute atomic E-state index is 14.9. The Labute approximate surface area is 211 Å². The Balaban J connectivity index is 1.51. The molecule has 14 heteroatoms. The van der Waals surface area contributed by atoms with E-state index in [9.17, 15) is 31.5 Å². The number of ether oxygens (including phenoxy) is 1. The minimum atomic E-state index is -4.94. The average Bonchev–Trinajstić information content (AvgIpc) is 2.85. The summed E-state index contributed by atoms with van der Waals surface area (Å²) in [4.78, 5) is 32.6. The highest BCUT2D eigenvalue weighted by Gasteiger charge is 2.37. The summed E-state index contributed by atoms with van der Waals surface area (Å²) in [6, 6.07) is 3.09. The summed E-state index contributed by atoms with van der Waals surface area (Å²) < 4.78 is 75.4. The van der Waals surface area contributed by atoms with Crippen LogP contribution in [0.4, 0.5) is 27.6 Å². The fourth-order valence-electron chi connectivity index (χ4n) is 3.97. The Morgan fingerprint density at radius 1 is 1.16 bits per heavy atom. The molecule has 200 valence electrons. The van der Waals surface area contributed by atoms with E-state index >= 15 is 0 Å². The van der Waals surface area contributed by atoms with Crippen molar-refractivity contribution in [1.82, 2.24) is 24.7 Å². The summed E-state index contributed by atoms with van der Waals surface area (Å²) in [7, 11) is 1.44. The highest BCUT2D eigenvalue weighted by molar-refractivity contribution is 5.86. The van der Waals surface area contributed by atoms with Gasteiger partial charge in [0, 0.05) is 18.7 Å². The summed E-state index contributed by atoms with van der Waals surface area (Å²) >= 11 is 0. The van der Waals surface area contributed by atoms with Crippen LogP contribution in [0.25, 0.3) is 22.2 Å². The van der Waals surface area contributed by atoms with E-state index in [2.05, 4.69) is 20.4 Å². The molecule has 0 radical (unpaired) electrons. The topological polar surface area (TPSA) is 115 Å². The van der Waals surface area contributed by atoms with Crippen LogP contribution in [0.2, 0.25) is 0 Å². The van der Waals surface area contributed by atoms with Crippen molar-refractivity contribution in [2.24, 2.45) is 0 Å². The standard InChI is InChI=1S/C24H21F5N6O3/c1-12(33-19-10-32-34-22(36)20(19)24(27,28)29)5-14(25)11-35-4-3-13-6-17(18(26)7-16(13)23(35)37)21-30-8-15(38-2)9-31-21/h3-4,6-10,12,14H,5,11H2,1-2H3,(H2,33,34,36)/t12-,14+/m0/s1. The maximum atomic E-state index is 14.9. The van der Waals surface area contributed by atoms with Crippen LogP contribution in [0.5, 0.6) is 5.75 Å². The minimum absolute atomic E-state index is 0.00467. The van der Waals surface area contributed by atoms with E-state index in [4.69, 9.17) is 4.74 Å². The number of halogens is 5. The first kappa shape index (κ1) is 26.7. The number of rotatable bonds is 8. The Morgan fingerprint density at radius 2 is 1.87 bits per heavy atom. The van der Waals surface area contributed by atoms with Gasteiger partial charge in [-0.3, -0.25) is 9.59 Å². The first-order valence-electron chi connectivity index (χ1n) is 11.2. The third kappa shape index (κ3) is 5.63. The lowest BCUT2D eigenvalue weighted by atomic mass is 10.1. The van der Waals surface area contributed by atoms with Crippen molar-refractivity contribution in [3.05, 3.63) is 75.1 Å². The number of nitrogens with one attached hydrogen (secondary N) is 2. The number of benzene rings is 1. The van der Waals surface area contributed by atoms with Gasteiger partial charge in [-0.2, -0.15) is 18.3 Å². The molecule has 4 aromatic rings. The molecule has 0 bridgehead atoms. The van der Waals surface area contributed by atoms with Gasteiger partial charge in [0.25, 0.3) is 11.1 Å². The van der Waals surface area contributed by atoms with E-state index in [1.165, 1.54) is 44.8 Å². The van der Waals surface area contributed by atoms with Gasteiger partial charge in [-0.05, 0) is 30.5 Å². The lowest BCUT2D eigenvalue weighted by Gasteiger charge is -2.20. The predicted octanol–water partition coefficient (Wildman–Crippen LogP) is 3.94. The zero-order valence-electron chi connectivity index (χ0n) is 20.0. The monoisotopic (exact) mass is 536 g/mol. The number of fused-ring (bicyclic) bond motifs is 1. The van der Waals surface area contributed by atoms with Crippen LogP contribution in [0, 0.1) is 5.82 Å². The number of aromatic amines is 1. The van der Waals surface area contributed by atoms with Crippen LogP contribution >= 0.6 is 0 Å². The fraction of sp³-hybridized carbons (Fsp3) is 0.292. The molecule has 0 aliphatic carbocycles. The van der Waals surface area contributed by atoms with E-state index in [-0.39, 0.29) is 23.2 Å². The van der Waals surface area contributed by atoms with Crippen LogP contribution in [0.1, 0.15) is 18.9 Å². The number of pyridine rings is 1. The molecule has 1 aromatic carbocycles. The highest BCUT2D eigenvalue weighted by Crippen LogP contribution is 2.32. The van der Waals surface area contributed by atoms with Crippen LogP contribution < -0.4 is 21.2 Å². The van der Waals surface area contributed by atoms with Gasteiger partial charge >= 0.3 is 6.18 Å². The number of alkyl halides is 4. The van der Waals surface area contributed by atoms with E-state index in [1.807, 2.05) is 0 Å². The van der Waals surface area contributed by atoms with Gasteiger partial charge < -0.3 is 14.6 Å². The molecular formula is C24H21F5N6O3. The van der Waals surface area contributed by atoms with Crippen molar-refractivity contribution < 1.29 is 26.7 Å². The normalized spacial score (nSPS) is 13.3. The van der Waals surface area contributed by atoms with Crippen LogP contribution in [0.15, 0.2) is 52.6 Å². The SMILES string of the molecule is COc1cnc(-c2cc3ccn(C[C@H](F)C[C@H](C)Nc4cn[nH]c(=O)c4C(F)(F)F)c(=O)c3cc2F)nc1. The van der Waals surface area contributed by atoms with Crippen LogP contribution in [0.3, 0.4) is 0 Å². The molecule has 9 nitrogen and oxygen atoms in total.